The molecule has 7 heteroatoms. The molecule has 0 fully saturated rings. The van der Waals surface area contributed by atoms with Gasteiger partial charge in [0.1, 0.15) is 5.01 Å². The lowest BCUT2D eigenvalue weighted by atomic mass is 10.2. The topological polar surface area (TPSA) is 67.8 Å². The van der Waals surface area contributed by atoms with Crippen LogP contribution in [0.5, 0.6) is 0 Å². The number of rotatable bonds is 6. The van der Waals surface area contributed by atoms with Crippen LogP contribution >= 0.6 is 23.1 Å². The molecule has 0 radical (unpaired) electrons. The molecule has 1 N–H and O–H groups in total. The molecule has 0 unspecified atom stereocenters. The normalized spacial score (nSPS) is 12.2. The van der Waals surface area contributed by atoms with Gasteiger partial charge in [0.15, 0.2) is 0 Å². The summed E-state index contributed by atoms with van der Waals surface area (Å²) in [5, 5.41) is 14.1. The highest BCUT2D eigenvalue weighted by Crippen LogP contribution is 2.27. The SMILES string of the molecule is CCc1nnc(NC(=O)[C@@H](CC)Sc2ccc3ccccc3n2)s1. The number of nitrogens with zero attached hydrogens (tertiary/aromatic N) is 3. The Balaban J connectivity index is 1.71. The number of pyridine rings is 1. The summed E-state index contributed by atoms with van der Waals surface area (Å²) in [7, 11) is 0. The molecule has 1 atom stereocenters. The average Bonchev–Trinajstić information content (AvgIpc) is 3.07. The number of aryl methyl sites for hydroxylation is 1. The van der Waals surface area contributed by atoms with E-state index in [0.29, 0.717) is 11.6 Å². The molecule has 5 nitrogen and oxygen atoms in total. The highest BCUT2D eigenvalue weighted by atomic mass is 32.2. The number of hydrogen-bond donors (Lipinski definition) is 1. The third-order valence-electron chi connectivity index (χ3n) is 3.50. The molecule has 24 heavy (non-hydrogen) atoms. The number of hydrogen-bond acceptors (Lipinski definition) is 6. The van der Waals surface area contributed by atoms with E-state index >= 15 is 0 Å². The zero-order valence-corrected chi connectivity index (χ0v) is 15.2. The van der Waals surface area contributed by atoms with E-state index in [9.17, 15) is 4.79 Å². The molecule has 0 aliphatic heterocycles. The molecule has 0 spiro atoms. The predicted molar refractivity (Wildman–Crippen MR) is 99.6 cm³/mol. The summed E-state index contributed by atoms with van der Waals surface area (Å²) in [5.41, 5.74) is 0.939. The first-order valence-corrected chi connectivity index (χ1v) is 9.55. The van der Waals surface area contributed by atoms with Crippen molar-refractivity contribution in [3.05, 3.63) is 41.4 Å². The van der Waals surface area contributed by atoms with Crippen LogP contribution in [0.15, 0.2) is 41.4 Å². The van der Waals surface area contributed by atoms with Gasteiger partial charge in [0.05, 0.1) is 15.8 Å². The predicted octanol–water partition coefficient (Wildman–Crippen LogP) is 4.16. The molecule has 1 aromatic carbocycles. The first-order valence-electron chi connectivity index (χ1n) is 7.85. The van der Waals surface area contributed by atoms with Gasteiger partial charge in [-0.3, -0.25) is 10.1 Å². The third-order valence-corrected chi connectivity index (χ3v) is 5.78. The zero-order chi connectivity index (χ0) is 16.9. The Morgan fingerprint density at radius 1 is 1.21 bits per heavy atom. The third kappa shape index (κ3) is 3.91. The second-order valence-electron chi connectivity index (χ2n) is 5.20. The van der Waals surface area contributed by atoms with E-state index in [1.54, 1.807) is 0 Å². The van der Waals surface area contributed by atoms with Crippen molar-refractivity contribution < 1.29 is 4.79 Å². The molecule has 0 bridgehead atoms. The summed E-state index contributed by atoms with van der Waals surface area (Å²) in [6.45, 7) is 4.01. The summed E-state index contributed by atoms with van der Waals surface area (Å²) in [6, 6.07) is 12.0. The second-order valence-corrected chi connectivity index (χ2v) is 7.49. The van der Waals surface area contributed by atoms with E-state index in [2.05, 4.69) is 20.5 Å². The fraction of sp³-hybridized carbons (Fsp3) is 0.294. The minimum Gasteiger partial charge on any atom is -0.300 e. The number of para-hydroxylation sites is 1. The van der Waals surface area contributed by atoms with Crippen LogP contribution in [0.25, 0.3) is 10.9 Å². The van der Waals surface area contributed by atoms with E-state index in [4.69, 9.17) is 0 Å². The first-order chi connectivity index (χ1) is 11.7. The van der Waals surface area contributed by atoms with E-state index in [-0.39, 0.29) is 11.2 Å². The summed E-state index contributed by atoms with van der Waals surface area (Å²) >= 11 is 2.89. The quantitative estimate of drug-likeness (QED) is 0.670. The van der Waals surface area contributed by atoms with Gasteiger partial charge in [-0.1, -0.05) is 61.2 Å². The van der Waals surface area contributed by atoms with Crippen LogP contribution in [0.3, 0.4) is 0 Å². The van der Waals surface area contributed by atoms with Crippen molar-refractivity contribution in [2.75, 3.05) is 5.32 Å². The molecule has 2 aromatic heterocycles. The van der Waals surface area contributed by atoms with Crippen molar-refractivity contribution >= 4 is 45.0 Å². The molecule has 0 aliphatic rings. The second kappa shape index (κ2) is 7.72. The Bertz CT molecular complexity index is 849. The highest BCUT2D eigenvalue weighted by Gasteiger charge is 2.20. The zero-order valence-electron chi connectivity index (χ0n) is 13.5. The van der Waals surface area contributed by atoms with Crippen LogP contribution < -0.4 is 5.32 Å². The van der Waals surface area contributed by atoms with E-state index in [1.165, 1.54) is 23.1 Å². The molecule has 0 aliphatic carbocycles. The van der Waals surface area contributed by atoms with Crippen molar-refractivity contribution in [2.45, 2.75) is 37.0 Å². The number of carbonyl (C=O) groups is 1. The van der Waals surface area contributed by atoms with E-state index in [0.717, 1.165) is 27.4 Å². The lowest BCUT2D eigenvalue weighted by Crippen LogP contribution is -2.24. The van der Waals surface area contributed by atoms with Gasteiger partial charge in [0.25, 0.3) is 0 Å². The number of nitrogens with one attached hydrogen (secondary N) is 1. The monoisotopic (exact) mass is 358 g/mol. The minimum atomic E-state index is -0.215. The van der Waals surface area contributed by atoms with Crippen LogP contribution in [0.2, 0.25) is 0 Å². The smallest absolute Gasteiger partial charge is 0.239 e. The minimum absolute atomic E-state index is 0.0590. The van der Waals surface area contributed by atoms with Crippen molar-refractivity contribution in [2.24, 2.45) is 0 Å². The van der Waals surface area contributed by atoms with Crippen LogP contribution in [-0.2, 0) is 11.2 Å². The Hall–Kier alpha value is -1.99. The number of carbonyl (C=O) groups excluding carboxylic acids is 1. The van der Waals surface area contributed by atoms with Gasteiger partial charge in [-0.25, -0.2) is 4.98 Å². The van der Waals surface area contributed by atoms with Crippen LogP contribution in [0.4, 0.5) is 5.13 Å². The van der Waals surface area contributed by atoms with Crippen LogP contribution in [0, 0.1) is 0 Å². The van der Waals surface area contributed by atoms with Crippen LogP contribution in [-0.4, -0.2) is 26.3 Å². The maximum absolute atomic E-state index is 12.5. The van der Waals surface area contributed by atoms with Gasteiger partial charge in [-0.2, -0.15) is 0 Å². The largest absolute Gasteiger partial charge is 0.300 e. The van der Waals surface area contributed by atoms with Gasteiger partial charge in [-0.15, -0.1) is 10.2 Å². The van der Waals surface area contributed by atoms with E-state index < -0.39 is 0 Å². The standard InChI is InChI=1S/C17H18N4OS2/c1-3-13(16(22)19-17-21-20-14(4-2)24-17)23-15-10-9-11-7-5-6-8-12(11)18-15/h5-10,13H,3-4H2,1-2H3,(H,19,21,22)/t13-/m1/s1. The summed E-state index contributed by atoms with van der Waals surface area (Å²) in [5.74, 6) is -0.0590. The highest BCUT2D eigenvalue weighted by molar-refractivity contribution is 8.00. The maximum atomic E-state index is 12.5. The summed E-state index contributed by atoms with van der Waals surface area (Å²) in [6.07, 6.45) is 1.53. The number of thioether (sulfide) groups is 1. The Kier molecular flexibility index (Phi) is 5.42. The maximum Gasteiger partial charge on any atom is 0.239 e. The number of benzene rings is 1. The molecule has 124 valence electrons. The number of aromatic nitrogens is 3. The summed E-state index contributed by atoms with van der Waals surface area (Å²) < 4.78 is 0. The molecule has 2 heterocycles. The lowest BCUT2D eigenvalue weighted by molar-refractivity contribution is -0.115. The molecule has 0 saturated carbocycles. The Morgan fingerprint density at radius 2 is 2.04 bits per heavy atom. The lowest BCUT2D eigenvalue weighted by Gasteiger charge is -2.13. The van der Waals surface area contributed by atoms with Gasteiger partial charge < -0.3 is 0 Å². The van der Waals surface area contributed by atoms with Gasteiger partial charge in [-0.05, 0) is 25.0 Å². The van der Waals surface area contributed by atoms with Crippen molar-refractivity contribution in [1.82, 2.24) is 15.2 Å². The fourth-order valence-corrected chi connectivity index (χ4v) is 3.82. The van der Waals surface area contributed by atoms with Gasteiger partial charge >= 0.3 is 0 Å². The number of fused-ring (bicyclic) bond motifs is 1. The molecular weight excluding hydrogens is 340 g/mol. The van der Waals surface area contributed by atoms with Crippen LogP contribution in [0.1, 0.15) is 25.3 Å². The molecule has 0 saturated heterocycles. The van der Waals surface area contributed by atoms with Crippen molar-refractivity contribution in [3.8, 4) is 0 Å². The van der Waals surface area contributed by atoms with Gasteiger partial charge in [0, 0.05) is 5.39 Å². The Morgan fingerprint density at radius 3 is 2.79 bits per heavy atom. The molecular formula is C17H18N4OS2. The number of anilines is 1. The first kappa shape index (κ1) is 16.9. The molecule has 3 rings (SSSR count). The van der Waals surface area contributed by atoms with Crippen molar-refractivity contribution in [3.63, 3.8) is 0 Å². The van der Waals surface area contributed by atoms with Gasteiger partial charge in [0.2, 0.25) is 11.0 Å². The Labute approximate surface area is 148 Å². The van der Waals surface area contributed by atoms with E-state index in [1.807, 2.05) is 50.2 Å². The average molecular weight is 358 g/mol. The van der Waals surface area contributed by atoms with Crippen molar-refractivity contribution in [1.29, 1.82) is 0 Å². The molecule has 1 amide bonds. The number of amides is 1. The fourth-order valence-electron chi connectivity index (χ4n) is 2.21. The molecule has 3 aromatic rings. The summed E-state index contributed by atoms with van der Waals surface area (Å²) in [4.78, 5) is 17.1.